The molecular weight excluding hydrogens is 222 g/mol. The third-order valence-corrected chi connectivity index (χ3v) is 3.51. The smallest absolute Gasteiger partial charge is 0.0649 e. The lowest BCUT2D eigenvalue weighted by molar-refractivity contribution is 0.472. The normalized spacial score (nSPS) is 16.7. The molecule has 0 radical (unpaired) electrons. The summed E-state index contributed by atoms with van der Waals surface area (Å²) in [6.07, 6.45) is 4.56. The fraction of sp³-hybridized carbons (Fsp3) is 0.400. The predicted molar refractivity (Wildman–Crippen MR) is 72.7 cm³/mol. The van der Waals surface area contributed by atoms with Gasteiger partial charge in [-0.1, -0.05) is 25.1 Å². The van der Waals surface area contributed by atoms with Gasteiger partial charge in [-0.3, -0.25) is 0 Å². The summed E-state index contributed by atoms with van der Waals surface area (Å²) >= 11 is 0. The van der Waals surface area contributed by atoms with Crippen LogP contribution in [0.1, 0.15) is 31.5 Å². The van der Waals surface area contributed by atoms with E-state index in [-0.39, 0.29) is 0 Å². The van der Waals surface area contributed by atoms with Crippen LogP contribution in [0.25, 0.3) is 5.69 Å². The number of nitrogens with zero attached hydrogens (tertiary/aromatic N) is 2. The van der Waals surface area contributed by atoms with Gasteiger partial charge < -0.3 is 5.32 Å². The lowest BCUT2D eigenvalue weighted by Crippen LogP contribution is -2.25. The van der Waals surface area contributed by atoms with E-state index in [4.69, 9.17) is 0 Å². The maximum absolute atomic E-state index is 4.48. The minimum Gasteiger partial charge on any atom is -0.309 e. The molecule has 1 aliphatic rings. The first-order valence-electron chi connectivity index (χ1n) is 6.73. The van der Waals surface area contributed by atoms with Crippen LogP contribution in [-0.2, 0) is 0 Å². The number of rotatable bonds is 5. The number of para-hydroxylation sites is 1. The van der Waals surface area contributed by atoms with Crippen LogP contribution in [0.5, 0.6) is 0 Å². The molecule has 0 saturated heterocycles. The molecule has 0 aliphatic heterocycles. The largest absolute Gasteiger partial charge is 0.309 e. The van der Waals surface area contributed by atoms with E-state index >= 15 is 0 Å². The summed E-state index contributed by atoms with van der Waals surface area (Å²) in [6.45, 7) is 3.17. The van der Waals surface area contributed by atoms with Crippen molar-refractivity contribution in [3.05, 3.63) is 48.3 Å². The standard InChI is InChI=1S/C15H19N3/c1-2-16-15(12-8-9-12)14-10-11-17-18(14)13-6-4-3-5-7-13/h3-7,10-12,15-16H,2,8-9H2,1H3. The highest BCUT2D eigenvalue weighted by molar-refractivity contribution is 5.33. The van der Waals surface area contributed by atoms with Crippen LogP contribution in [0.4, 0.5) is 0 Å². The molecule has 0 bridgehead atoms. The zero-order chi connectivity index (χ0) is 12.4. The highest BCUT2D eigenvalue weighted by atomic mass is 15.3. The van der Waals surface area contributed by atoms with Gasteiger partial charge in [0.15, 0.2) is 0 Å². The molecule has 2 aromatic rings. The maximum atomic E-state index is 4.48. The molecule has 1 fully saturated rings. The van der Waals surface area contributed by atoms with E-state index in [1.165, 1.54) is 18.5 Å². The Balaban J connectivity index is 1.95. The molecule has 0 amide bonds. The third-order valence-electron chi connectivity index (χ3n) is 3.51. The lowest BCUT2D eigenvalue weighted by atomic mass is 10.1. The van der Waals surface area contributed by atoms with Crippen molar-refractivity contribution in [3.8, 4) is 5.69 Å². The first kappa shape index (κ1) is 11.5. The molecule has 1 N–H and O–H groups in total. The topological polar surface area (TPSA) is 29.9 Å². The Hall–Kier alpha value is -1.61. The molecule has 3 heteroatoms. The van der Waals surface area contributed by atoms with Crippen LogP contribution < -0.4 is 5.32 Å². The van der Waals surface area contributed by atoms with Gasteiger partial charge in [0.1, 0.15) is 0 Å². The molecule has 94 valence electrons. The fourth-order valence-electron chi connectivity index (χ4n) is 2.50. The van der Waals surface area contributed by atoms with Crippen LogP contribution >= 0.6 is 0 Å². The number of hydrogen-bond acceptors (Lipinski definition) is 2. The first-order valence-corrected chi connectivity index (χ1v) is 6.73. The highest BCUT2D eigenvalue weighted by Crippen LogP contribution is 2.41. The van der Waals surface area contributed by atoms with Crippen LogP contribution in [-0.4, -0.2) is 16.3 Å². The molecule has 1 heterocycles. The number of benzene rings is 1. The van der Waals surface area contributed by atoms with E-state index in [0.717, 1.165) is 18.2 Å². The molecular formula is C15H19N3. The lowest BCUT2D eigenvalue weighted by Gasteiger charge is -2.19. The number of aromatic nitrogens is 2. The Labute approximate surface area is 108 Å². The summed E-state index contributed by atoms with van der Waals surface area (Å²) in [5, 5.41) is 8.07. The van der Waals surface area contributed by atoms with Crippen molar-refractivity contribution >= 4 is 0 Å². The monoisotopic (exact) mass is 241 g/mol. The van der Waals surface area contributed by atoms with E-state index in [9.17, 15) is 0 Å². The molecule has 1 aliphatic carbocycles. The van der Waals surface area contributed by atoms with Gasteiger partial charge >= 0.3 is 0 Å². The Morgan fingerprint density at radius 3 is 2.72 bits per heavy atom. The van der Waals surface area contributed by atoms with Gasteiger partial charge in [0.2, 0.25) is 0 Å². The minimum absolute atomic E-state index is 0.442. The second kappa shape index (κ2) is 4.94. The molecule has 1 atom stereocenters. The van der Waals surface area contributed by atoms with Gasteiger partial charge in [-0.15, -0.1) is 0 Å². The van der Waals surface area contributed by atoms with Crippen molar-refractivity contribution in [3.63, 3.8) is 0 Å². The van der Waals surface area contributed by atoms with Gasteiger partial charge in [-0.2, -0.15) is 5.10 Å². The summed E-state index contributed by atoms with van der Waals surface area (Å²) in [5.41, 5.74) is 2.42. The molecule has 1 aromatic heterocycles. The maximum Gasteiger partial charge on any atom is 0.0649 e. The van der Waals surface area contributed by atoms with E-state index in [2.05, 4.69) is 52.4 Å². The van der Waals surface area contributed by atoms with Crippen molar-refractivity contribution < 1.29 is 0 Å². The zero-order valence-electron chi connectivity index (χ0n) is 10.7. The molecule has 1 unspecified atom stereocenters. The van der Waals surface area contributed by atoms with Gasteiger partial charge in [-0.25, -0.2) is 4.68 Å². The fourth-order valence-corrected chi connectivity index (χ4v) is 2.50. The van der Waals surface area contributed by atoms with E-state index in [0.29, 0.717) is 6.04 Å². The molecule has 18 heavy (non-hydrogen) atoms. The van der Waals surface area contributed by atoms with Gasteiger partial charge in [0.05, 0.1) is 17.4 Å². The first-order chi connectivity index (χ1) is 8.90. The number of nitrogens with one attached hydrogen (secondary N) is 1. The van der Waals surface area contributed by atoms with Gasteiger partial charge in [0.25, 0.3) is 0 Å². The second-order valence-corrected chi connectivity index (χ2v) is 4.88. The van der Waals surface area contributed by atoms with Gasteiger partial charge in [-0.05, 0) is 43.5 Å². The predicted octanol–water partition coefficient (Wildman–Crippen LogP) is 2.93. The molecule has 1 aromatic carbocycles. The molecule has 0 spiro atoms. The summed E-state index contributed by atoms with van der Waals surface area (Å²) in [4.78, 5) is 0. The Bertz CT molecular complexity index is 499. The van der Waals surface area contributed by atoms with Gasteiger partial charge in [0, 0.05) is 6.20 Å². The van der Waals surface area contributed by atoms with Crippen molar-refractivity contribution in [1.29, 1.82) is 0 Å². The summed E-state index contributed by atoms with van der Waals surface area (Å²) in [7, 11) is 0. The average Bonchev–Trinajstić information content (AvgIpc) is 3.14. The SMILES string of the molecule is CCNC(c1ccnn1-c1ccccc1)C1CC1. The minimum atomic E-state index is 0.442. The van der Waals surface area contributed by atoms with Crippen molar-refractivity contribution in [2.75, 3.05) is 6.54 Å². The molecule has 3 nitrogen and oxygen atoms in total. The van der Waals surface area contributed by atoms with Crippen molar-refractivity contribution in [2.24, 2.45) is 5.92 Å². The van der Waals surface area contributed by atoms with Crippen LogP contribution in [0.2, 0.25) is 0 Å². The summed E-state index contributed by atoms with van der Waals surface area (Å²) in [6, 6.07) is 12.9. The highest BCUT2D eigenvalue weighted by Gasteiger charge is 2.33. The Morgan fingerprint density at radius 2 is 2.06 bits per heavy atom. The Morgan fingerprint density at radius 1 is 1.28 bits per heavy atom. The van der Waals surface area contributed by atoms with E-state index in [1.54, 1.807) is 0 Å². The Kier molecular flexibility index (Phi) is 3.15. The number of hydrogen-bond donors (Lipinski definition) is 1. The quantitative estimate of drug-likeness (QED) is 0.872. The van der Waals surface area contributed by atoms with E-state index < -0.39 is 0 Å². The third kappa shape index (κ3) is 2.18. The van der Waals surface area contributed by atoms with E-state index in [1.807, 2.05) is 12.3 Å². The second-order valence-electron chi connectivity index (χ2n) is 4.88. The zero-order valence-corrected chi connectivity index (χ0v) is 10.7. The van der Waals surface area contributed by atoms with Crippen molar-refractivity contribution in [2.45, 2.75) is 25.8 Å². The van der Waals surface area contributed by atoms with Crippen LogP contribution in [0.3, 0.4) is 0 Å². The van der Waals surface area contributed by atoms with Crippen molar-refractivity contribution in [1.82, 2.24) is 15.1 Å². The molecule has 1 saturated carbocycles. The van der Waals surface area contributed by atoms with Crippen LogP contribution in [0, 0.1) is 5.92 Å². The molecule has 3 rings (SSSR count). The van der Waals surface area contributed by atoms with Crippen LogP contribution in [0.15, 0.2) is 42.6 Å². The summed E-state index contributed by atoms with van der Waals surface area (Å²) in [5.74, 6) is 0.782. The summed E-state index contributed by atoms with van der Waals surface area (Å²) < 4.78 is 2.06. The average molecular weight is 241 g/mol.